The van der Waals surface area contributed by atoms with Crippen molar-refractivity contribution in [3.63, 3.8) is 0 Å². The largest absolute Gasteiger partial charge is 0.481 e. The van der Waals surface area contributed by atoms with E-state index in [-0.39, 0.29) is 5.92 Å². The maximum absolute atomic E-state index is 10.9. The van der Waals surface area contributed by atoms with Crippen LogP contribution in [0.5, 0.6) is 0 Å². The maximum atomic E-state index is 10.9. The Morgan fingerprint density at radius 2 is 1.95 bits per heavy atom. The highest BCUT2D eigenvalue weighted by atomic mass is 79.9. The third kappa shape index (κ3) is 4.32. The summed E-state index contributed by atoms with van der Waals surface area (Å²) in [6, 6.07) is 8.22. The van der Waals surface area contributed by atoms with Crippen molar-refractivity contribution in [1.29, 1.82) is 0 Å². The smallest absolute Gasteiger partial charge is 0.306 e. The van der Waals surface area contributed by atoms with Crippen LogP contribution in [0.1, 0.15) is 31.2 Å². The first-order chi connectivity index (χ1) is 9.16. The van der Waals surface area contributed by atoms with Crippen LogP contribution in [0.2, 0.25) is 0 Å². The lowest BCUT2D eigenvalue weighted by Crippen LogP contribution is -2.28. The molecule has 4 heteroatoms. The van der Waals surface area contributed by atoms with Crippen molar-refractivity contribution in [2.24, 2.45) is 11.8 Å². The van der Waals surface area contributed by atoms with E-state index in [1.807, 2.05) is 12.1 Å². The summed E-state index contributed by atoms with van der Waals surface area (Å²) < 4.78 is 1.14. The van der Waals surface area contributed by atoms with E-state index < -0.39 is 5.97 Å². The van der Waals surface area contributed by atoms with Gasteiger partial charge in [0.05, 0.1) is 5.92 Å². The van der Waals surface area contributed by atoms with Gasteiger partial charge in [-0.2, -0.15) is 0 Å². The van der Waals surface area contributed by atoms with Gasteiger partial charge in [-0.05, 0) is 49.8 Å². The number of hydrogen-bond acceptors (Lipinski definition) is 2. The summed E-state index contributed by atoms with van der Waals surface area (Å²) in [7, 11) is 0. The predicted octanol–water partition coefficient (Wildman–Crippen LogP) is 3.43. The summed E-state index contributed by atoms with van der Waals surface area (Å²) in [5.41, 5.74) is 1.27. The lowest BCUT2D eigenvalue weighted by molar-refractivity contribution is -0.143. The number of carboxylic acid groups (broad SMARTS) is 1. The molecule has 0 heterocycles. The van der Waals surface area contributed by atoms with E-state index in [0.717, 1.165) is 43.2 Å². The Kier molecular flexibility index (Phi) is 5.40. The van der Waals surface area contributed by atoms with Gasteiger partial charge in [0.1, 0.15) is 0 Å². The van der Waals surface area contributed by atoms with Crippen molar-refractivity contribution in [1.82, 2.24) is 5.32 Å². The van der Waals surface area contributed by atoms with Crippen molar-refractivity contribution >= 4 is 21.9 Å². The van der Waals surface area contributed by atoms with E-state index in [1.165, 1.54) is 5.56 Å². The van der Waals surface area contributed by atoms with Crippen LogP contribution in [0.25, 0.3) is 0 Å². The van der Waals surface area contributed by atoms with Crippen LogP contribution in [0.15, 0.2) is 28.7 Å². The Bertz CT molecular complexity index is 428. The minimum atomic E-state index is -0.625. The van der Waals surface area contributed by atoms with Gasteiger partial charge in [-0.15, -0.1) is 0 Å². The van der Waals surface area contributed by atoms with Gasteiger partial charge < -0.3 is 10.4 Å². The first kappa shape index (κ1) is 14.5. The lowest BCUT2D eigenvalue weighted by Gasteiger charge is -2.26. The van der Waals surface area contributed by atoms with Gasteiger partial charge in [0.25, 0.3) is 0 Å². The van der Waals surface area contributed by atoms with Gasteiger partial charge in [0, 0.05) is 11.0 Å². The van der Waals surface area contributed by atoms with Gasteiger partial charge >= 0.3 is 5.97 Å². The summed E-state index contributed by atoms with van der Waals surface area (Å²) in [4.78, 5) is 10.9. The molecular weight excluding hydrogens is 306 g/mol. The van der Waals surface area contributed by atoms with Gasteiger partial charge in [-0.25, -0.2) is 0 Å². The molecule has 1 saturated carbocycles. The number of rotatable bonds is 5. The summed E-state index contributed by atoms with van der Waals surface area (Å²) in [6.07, 6.45) is 3.72. The number of aliphatic carboxylic acids is 1. The second-order valence-corrected chi connectivity index (χ2v) is 6.13. The number of hydrogen-bond donors (Lipinski definition) is 2. The molecule has 1 aromatic carbocycles. The molecular formula is C15H20BrNO2. The Balaban J connectivity index is 1.70. The number of benzene rings is 1. The molecule has 19 heavy (non-hydrogen) atoms. The summed E-state index contributed by atoms with van der Waals surface area (Å²) in [6.45, 7) is 1.84. The molecule has 0 aromatic heterocycles. The summed E-state index contributed by atoms with van der Waals surface area (Å²) >= 11 is 3.54. The molecule has 1 aliphatic carbocycles. The van der Waals surface area contributed by atoms with Crippen LogP contribution in [0.3, 0.4) is 0 Å². The van der Waals surface area contributed by atoms with Crippen LogP contribution < -0.4 is 5.32 Å². The zero-order valence-corrected chi connectivity index (χ0v) is 12.5. The third-order valence-corrected chi connectivity index (χ3v) is 4.68. The van der Waals surface area contributed by atoms with Crippen molar-refractivity contribution in [3.8, 4) is 0 Å². The highest BCUT2D eigenvalue weighted by Crippen LogP contribution is 2.28. The van der Waals surface area contributed by atoms with E-state index in [0.29, 0.717) is 5.92 Å². The van der Waals surface area contributed by atoms with Gasteiger partial charge in [-0.1, -0.05) is 34.1 Å². The number of nitrogens with one attached hydrogen (secondary N) is 1. The van der Waals surface area contributed by atoms with Gasteiger partial charge in [0.15, 0.2) is 0 Å². The number of carbonyl (C=O) groups is 1. The minimum absolute atomic E-state index is 0.112. The number of carboxylic acids is 1. The minimum Gasteiger partial charge on any atom is -0.481 e. The molecule has 104 valence electrons. The molecule has 0 unspecified atom stereocenters. The highest BCUT2D eigenvalue weighted by Gasteiger charge is 2.25. The Hall–Kier alpha value is -0.870. The topological polar surface area (TPSA) is 49.3 Å². The molecule has 3 nitrogen and oxygen atoms in total. The molecule has 1 aromatic rings. The molecule has 0 bridgehead atoms. The fourth-order valence-electron chi connectivity index (χ4n) is 2.67. The molecule has 0 saturated heterocycles. The van der Waals surface area contributed by atoms with Crippen molar-refractivity contribution < 1.29 is 9.90 Å². The average Bonchev–Trinajstić information content (AvgIpc) is 2.41. The number of halogens is 1. The van der Waals surface area contributed by atoms with Crippen molar-refractivity contribution in [2.75, 3.05) is 6.54 Å². The second-order valence-electron chi connectivity index (χ2n) is 5.28. The zero-order valence-electron chi connectivity index (χ0n) is 10.9. The third-order valence-electron chi connectivity index (χ3n) is 3.90. The monoisotopic (exact) mass is 325 g/mol. The first-order valence-electron chi connectivity index (χ1n) is 6.83. The SMILES string of the molecule is O=C(O)C1CCC(CNCc2ccccc2Br)CC1. The Morgan fingerprint density at radius 1 is 1.26 bits per heavy atom. The van der Waals surface area contributed by atoms with E-state index in [2.05, 4.69) is 33.4 Å². The summed E-state index contributed by atoms with van der Waals surface area (Å²) in [5, 5.41) is 12.4. The fourth-order valence-corrected chi connectivity index (χ4v) is 3.09. The molecule has 0 spiro atoms. The van der Waals surface area contributed by atoms with Gasteiger partial charge in [0.2, 0.25) is 0 Å². The molecule has 2 N–H and O–H groups in total. The molecule has 0 aliphatic heterocycles. The normalized spacial score (nSPS) is 23.2. The zero-order chi connectivity index (χ0) is 13.7. The van der Waals surface area contributed by atoms with E-state index in [9.17, 15) is 4.79 Å². The van der Waals surface area contributed by atoms with Crippen molar-refractivity contribution in [2.45, 2.75) is 32.2 Å². The molecule has 2 rings (SSSR count). The van der Waals surface area contributed by atoms with E-state index in [4.69, 9.17) is 5.11 Å². The second kappa shape index (κ2) is 7.06. The van der Waals surface area contributed by atoms with Crippen LogP contribution >= 0.6 is 15.9 Å². The molecule has 1 fully saturated rings. The van der Waals surface area contributed by atoms with E-state index >= 15 is 0 Å². The molecule has 0 amide bonds. The van der Waals surface area contributed by atoms with Crippen LogP contribution in [-0.2, 0) is 11.3 Å². The predicted molar refractivity (Wildman–Crippen MR) is 78.9 cm³/mol. The van der Waals surface area contributed by atoms with Crippen molar-refractivity contribution in [3.05, 3.63) is 34.3 Å². The van der Waals surface area contributed by atoms with Crippen LogP contribution in [-0.4, -0.2) is 17.6 Å². The average molecular weight is 326 g/mol. The van der Waals surface area contributed by atoms with Gasteiger partial charge in [-0.3, -0.25) is 4.79 Å². The Morgan fingerprint density at radius 3 is 2.58 bits per heavy atom. The molecule has 1 aliphatic rings. The molecule has 0 atom stereocenters. The highest BCUT2D eigenvalue weighted by molar-refractivity contribution is 9.10. The van der Waals surface area contributed by atoms with Crippen LogP contribution in [0.4, 0.5) is 0 Å². The fraction of sp³-hybridized carbons (Fsp3) is 0.533. The summed E-state index contributed by atoms with van der Waals surface area (Å²) in [5.74, 6) is -0.114. The molecule has 0 radical (unpaired) electrons. The Labute approximate surface area is 122 Å². The standard InChI is InChI=1S/C15H20BrNO2/c16-14-4-2-1-3-13(14)10-17-9-11-5-7-12(8-6-11)15(18)19/h1-4,11-12,17H,5-10H2,(H,18,19). The first-order valence-corrected chi connectivity index (χ1v) is 7.63. The lowest BCUT2D eigenvalue weighted by atomic mass is 9.82. The van der Waals surface area contributed by atoms with E-state index in [1.54, 1.807) is 0 Å². The van der Waals surface area contributed by atoms with Crippen LogP contribution in [0, 0.1) is 11.8 Å². The maximum Gasteiger partial charge on any atom is 0.306 e. The quantitative estimate of drug-likeness (QED) is 0.871.